The lowest BCUT2D eigenvalue weighted by atomic mass is 9.73. The van der Waals surface area contributed by atoms with Crippen LogP contribution in [0.1, 0.15) is 39.0 Å². The number of rotatable bonds is 1. The summed E-state index contributed by atoms with van der Waals surface area (Å²) < 4.78 is 0. The van der Waals surface area contributed by atoms with Crippen molar-refractivity contribution < 1.29 is 4.79 Å². The van der Waals surface area contributed by atoms with Crippen LogP contribution in [0.5, 0.6) is 0 Å². The van der Waals surface area contributed by atoms with Crippen LogP contribution in [0.2, 0.25) is 0 Å². The summed E-state index contributed by atoms with van der Waals surface area (Å²) in [5.74, 6) is 0.228. The largest absolute Gasteiger partial charge is 0.303 e. The molecule has 0 aromatic carbocycles. The molecule has 0 heterocycles. The van der Waals surface area contributed by atoms with Crippen molar-refractivity contribution in [1.29, 1.82) is 0 Å². The van der Waals surface area contributed by atoms with Gasteiger partial charge in [-0.2, -0.15) is 0 Å². The van der Waals surface area contributed by atoms with Crippen molar-refractivity contribution in [2.75, 3.05) is 0 Å². The maximum absolute atomic E-state index is 10.6. The highest BCUT2D eigenvalue weighted by Gasteiger charge is 2.36. The van der Waals surface area contributed by atoms with Crippen molar-refractivity contribution in [1.82, 2.24) is 0 Å². The lowest BCUT2D eigenvalue weighted by molar-refractivity contribution is -0.110. The Kier molecular flexibility index (Phi) is 1.82. The van der Waals surface area contributed by atoms with Gasteiger partial charge in [-0.15, -0.1) is 0 Å². The molecule has 1 nitrogen and oxygen atoms in total. The topological polar surface area (TPSA) is 17.1 Å². The highest BCUT2D eigenvalue weighted by atomic mass is 16.1. The fourth-order valence-electron chi connectivity index (χ4n) is 2.64. The summed E-state index contributed by atoms with van der Waals surface area (Å²) in [5.41, 5.74) is 2.03. The molecule has 0 saturated heterocycles. The predicted octanol–water partition coefficient (Wildman–Crippen LogP) is 2.71. The summed E-state index contributed by atoms with van der Waals surface area (Å²) in [5, 5.41) is 0. The second-order valence-electron chi connectivity index (χ2n) is 4.44. The number of aldehydes is 1. The molecule has 0 aromatic rings. The molecular formula is C11H16O. The molecule has 0 aromatic heterocycles. The molecular weight excluding hydrogens is 148 g/mol. The Morgan fingerprint density at radius 2 is 2.42 bits per heavy atom. The van der Waals surface area contributed by atoms with Crippen molar-refractivity contribution in [2.45, 2.75) is 39.0 Å². The van der Waals surface area contributed by atoms with Crippen LogP contribution >= 0.6 is 0 Å². The van der Waals surface area contributed by atoms with E-state index in [-0.39, 0.29) is 5.92 Å². The molecule has 66 valence electrons. The number of hydrogen-bond acceptors (Lipinski definition) is 1. The fraction of sp³-hybridized carbons (Fsp3) is 0.727. The first-order chi connectivity index (χ1) is 5.74. The number of fused-ring (bicyclic) bond motifs is 1. The molecule has 0 radical (unpaired) electrons. The quantitative estimate of drug-likeness (QED) is 0.430. The van der Waals surface area contributed by atoms with Crippen LogP contribution in [0.3, 0.4) is 0 Å². The van der Waals surface area contributed by atoms with E-state index in [4.69, 9.17) is 0 Å². The van der Waals surface area contributed by atoms with Crippen molar-refractivity contribution in [3.63, 3.8) is 0 Å². The Bertz CT molecular complexity index is 229. The molecule has 1 fully saturated rings. The Balaban J connectivity index is 2.25. The molecule has 0 bridgehead atoms. The van der Waals surface area contributed by atoms with E-state index in [2.05, 4.69) is 13.0 Å². The van der Waals surface area contributed by atoms with Gasteiger partial charge in [-0.05, 0) is 37.5 Å². The van der Waals surface area contributed by atoms with Crippen LogP contribution in [0.25, 0.3) is 0 Å². The van der Waals surface area contributed by atoms with Gasteiger partial charge in [0.15, 0.2) is 0 Å². The van der Waals surface area contributed by atoms with Crippen LogP contribution in [0, 0.1) is 11.3 Å². The summed E-state index contributed by atoms with van der Waals surface area (Å²) in [6.07, 6.45) is 9.53. The molecule has 1 saturated carbocycles. The molecule has 0 amide bonds. The van der Waals surface area contributed by atoms with E-state index in [9.17, 15) is 4.79 Å². The molecule has 2 aliphatic rings. The normalized spacial score (nSPS) is 40.4. The van der Waals surface area contributed by atoms with Crippen molar-refractivity contribution in [2.24, 2.45) is 11.3 Å². The highest BCUT2D eigenvalue weighted by Crippen LogP contribution is 2.49. The lowest BCUT2D eigenvalue weighted by Gasteiger charge is -2.31. The van der Waals surface area contributed by atoms with Gasteiger partial charge >= 0.3 is 0 Å². The van der Waals surface area contributed by atoms with Gasteiger partial charge in [0.2, 0.25) is 0 Å². The van der Waals surface area contributed by atoms with E-state index in [0.717, 1.165) is 12.7 Å². The smallest absolute Gasteiger partial charge is 0.126 e. The molecule has 1 heteroatoms. The molecule has 2 rings (SSSR count). The monoisotopic (exact) mass is 164 g/mol. The zero-order valence-corrected chi connectivity index (χ0v) is 7.68. The number of allylic oxidation sites excluding steroid dienone is 2. The fourth-order valence-corrected chi connectivity index (χ4v) is 2.64. The molecule has 0 aliphatic heterocycles. The summed E-state index contributed by atoms with van der Waals surface area (Å²) >= 11 is 0. The van der Waals surface area contributed by atoms with Crippen LogP contribution in [0.15, 0.2) is 11.6 Å². The molecule has 2 atom stereocenters. The summed E-state index contributed by atoms with van der Waals surface area (Å²) in [6.45, 7) is 2.35. The predicted molar refractivity (Wildman–Crippen MR) is 48.8 cm³/mol. The van der Waals surface area contributed by atoms with Crippen molar-refractivity contribution >= 4 is 6.29 Å². The minimum atomic E-state index is 0.228. The third kappa shape index (κ3) is 1.12. The van der Waals surface area contributed by atoms with Crippen LogP contribution < -0.4 is 0 Å². The second kappa shape index (κ2) is 2.72. The van der Waals surface area contributed by atoms with Crippen molar-refractivity contribution in [3.8, 4) is 0 Å². The standard InChI is InChI=1S/C11H16O/c1-11-5-2-3-10(11)7-9(8-12)4-6-11/h7-9H,2-6H2,1H3/t9?,11-/m0/s1. The van der Waals surface area contributed by atoms with Crippen LogP contribution in [0.4, 0.5) is 0 Å². The minimum absolute atomic E-state index is 0.228. The molecule has 2 aliphatic carbocycles. The van der Waals surface area contributed by atoms with Gasteiger partial charge in [0, 0.05) is 5.92 Å². The number of hydrogen-bond donors (Lipinski definition) is 0. The lowest BCUT2D eigenvalue weighted by Crippen LogP contribution is -2.21. The second-order valence-corrected chi connectivity index (χ2v) is 4.44. The Morgan fingerprint density at radius 3 is 3.17 bits per heavy atom. The first-order valence-electron chi connectivity index (χ1n) is 4.91. The Labute approximate surface area is 73.8 Å². The average molecular weight is 164 g/mol. The van der Waals surface area contributed by atoms with E-state index < -0.39 is 0 Å². The molecule has 0 spiro atoms. The SMILES string of the molecule is C[C@@]12CCCC1=CC(C=O)CC2. The van der Waals surface area contributed by atoms with Gasteiger partial charge in [-0.1, -0.05) is 18.6 Å². The Hall–Kier alpha value is -0.590. The summed E-state index contributed by atoms with van der Waals surface area (Å²) in [6, 6.07) is 0. The molecule has 12 heavy (non-hydrogen) atoms. The first-order valence-corrected chi connectivity index (χ1v) is 4.91. The third-order valence-electron chi connectivity index (χ3n) is 3.57. The minimum Gasteiger partial charge on any atom is -0.303 e. The highest BCUT2D eigenvalue weighted by molar-refractivity contribution is 5.57. The Morgan fingerprint density at radius 1 is 1.58 bits per heavy atom. The van der Waals surface area contributed by atoms with Gasteiger partial charge in [0.05, 0.1) is 0 Å². The summed E-state index contributed by atoms with van der Waals surface area (Å²) in [7, 11) is 0. The van der Waals surface area contributed by atoms with Crippen LogP contribution in [-0.4, -0.2) is 6.29 Å². The molecule has 1 unspecified atom stereocenters. The van der Waals surface area contributed by atoms with Crippen molar-refractivity contribution in [3.05, 3.63) is 11.6 Å². The van der Waals surface area contributed by atoms with E-state index in [0.29, 0.717) is 5.41 Å². The summed E-state index contributed by atoms with van der Waals surface area (Å²) in [4.78, 5) is 10.6. The zero-order valence-electron chi connectivity index (χ0n) is 7.68. The maximum atomic E-state index is 10.6. The van der Waals surface area contributed by atoms with Gasteiger partial charge in [0.1, 0.15) is 6.29 Å². The number of carbonyl (C=O) groups excluding carboxylic acids is 1. The van der Waals surface area contributed by atoms with Crippen LogP contribution in [-0.2, 0) is 4.79 Å². The van der Waals surface area contributed by atoms with E-state index >= 15 is 0 Å². The van der Waals surface area contributed by atoms with E-state index in [1.807, 2.05) is 0 Å². The zero-order chi connectivity index (χ0) is 8.60. The van der Waals surface area contributed by atoms with Gasteiger partial charge in [-0.3, -0.25) is 0 Å². The van der Waals surface area contributed by atoms with Gasteiger partial charge < -0.3 is 4.79 Å². The maximum Gasteiger partial charge on any atom is 0.126 e. The van der Waals surface area contributed by atoms with E-state index in [1.165, 1.54) is 25.7 Å². The van der Waals surface area contributed by atoms with Gasteiger partial charge in [-0.25, -0.2) is 0 Å². The average Bonchev–Trinajstić information content (AvgIpc) is 2.45. The number of carbonyl (C=O) groups is 1. The molecule has 0 N–H and O–H groups in total. The van der Waals surface area contributed by atoms with Gasteiger partial charge in [0.25, 0.3) is 0 Å². The first kappa shape index (κ1) is 8.03. The van der Waals surface area contributed by atoms with E-state index in [1.54, 1.807) is 5.57 Å². The third-order valence-corrected chi connectivity index (χ3v) is 3.57.